The van der Waals surface area contributed by atoms with Gasteiger partial charge in [0.15, 0.2) is 0 Å². The van der Waals surface area contributed by atoms with E-state index in [2.05, 4.69) is 0 Å². The lowest BCUT2D eigenvalue weighted by Crippen LogP contribution is -2.27. The van der Waals surface area contributed by atoms with E-state index >= 15 is 0 Å². The molecule has 0 bridgehead atoms. The van der Waals surface area contributed by atoms with Crippen LogP contribution >= 0.6 is 11.3 Å². The van der Waals surface area contributed by atoms with E-state index in [9.17, 15) is 13.2 Å². The van der Waals surface area contributed by atoms with Crippen LogP contribution in [0.3, 0.4) is 0 Å². The van der Waals surface area contributed by atoms with Crippen molar-refractivity contribution in [3.8, 4) is 0 Å². The highest BCUT2D eigenvalue weighted by molar-refractivity contribution is 7.89. The molecule has 0 N–H and O–H groups in total. The summed E-state index contributed by atoms with van der Waals surface area (Å²) in [7, 11) is 1.21. The number of sulfonamides is 1. The molecule has 1 aromatic heterocycles. The number of thiophene rings is 1. The van der Waals surface area contributed by atoms with Crippen LogP contribution in [0, 0.1) is 0 Å². The van der Waals surface area contributed by atoms with Gasteiger partial charge >= 0.3 is 0 Å². The Morgan fingerprint density at radius 3 is 2.23 bits per heavy atom. The molecule has 118 valence electrons. The Bertz CT molecular complexity index is 736. The van der Waals surface area contributed by atoms with Gasteiger partial charge in [-0.3, -0.25) is 4.79 Å². The Balaban J connectivity index is 2.14. The van der Waals surface area contributed by atoms with Gasteiger partial charge < -0.3 is 4.90 Å². The van der Waals surface area contributed by atoms with Crippen molar-refractivity contribution < 1.29 is 13.2 Å². The highest BCUT2D eigenvalue weighted by atomic mass is 32.2. The largest absolute Gasteiger partial charge is 0.315 e. The van der Waals surface area contributed by atoms with E-state index in [1.54, 1.807) is 30.5 Å². The van der Waals surface area contributed by atoms with Crippen LogP contribution in [0.15, 0.2) is 46.7 Å². The average molecular weight is 338 g/mol. The van der Waals surface area contributed by atoms with Crippen LogP contribution in [-0.2, 0) is 21.2 Å². The van der Waals surface area contributed by atoms with Gasteiger partial charge in [0.25, 0.3) is 0 Å². The minimum atomic E-state index is -3.45. The second-order valence-corrected chi connectivity index (χ2v) is 8.17. The molecule has 0 aliphatic heterocycles. The summed E-state index contributed by atoms with van der Waals surface area (Å²) in [5.74, 6) is -0.0364. The van der Waals surface area contributed by atoms with Crippen molar-refractivity contribution in [2.24, 2.45) is 0 Å². The molecule has 1 amide bonds. The van der Waals surface area contributed by atoms with Crippen LogP contribution in [0.5, 0.6) is 0 Å². The number of hydrogen-bond donors (Lipinski definition) is 0. The van der Waals surface area contributed by atoms with E-state index in [4.69, 9.17) is 0 Å². The van der Waals surface area contributed by atoms with Crippen molar-refractivity contribution in [2.75, 3.05) is 26.0 Å². The maximum Gasteiger partial charge on any atom is 0.242 e. The molecule has 0 saturated carbocycles. The predicted octanol–water partition coefficient (Wildman–Crippen LogP) is 2.20. The van der Waals surface area contributed by atoms with Crippen molar-refractivity contribution in [3.63, 3.8) is 0 Å². The van der Waals surface area contributed by atoms with Gasteiger partial charge in [-0.2, -0.15) is 0 Å². The number of carbonyl (C=O) groups excluding carboxylic acids is 1. The number of hydrogen-bond acceptors (Lipinski definition) is 4. The van der Waals surface area contributed by atoms with Gasteiger partial charge in [-0.1, -0.05) is 6.07 Å². The number of carbonyl (C=O) groups is 1. The first kappa shape index (κ1) is 16.7. The fraction of sp³-hybridized carbons (Fsp3) is 0.267. The second kappa shape index (κ2) is 6.60. The van der Waals surface area contributed by atoms with Gasteiger partial charge in [0.1, 0.15) is 0 Å². The molecule has 22 heavy (non-hydrogen) atoms. The van der Waals surface area contributed by atoms with Gasteiger partial charge in [-0.15, -0.1) is 11.3 Å². The molecule has 0 saturated heterocycles. The first-order valence-corrected chi connectivity index (χ1v) is 8.96. The Hall–Kier alpha value is -1.70. The summed E-state index contributed by atoms with van der Waals surface area (Å²) in [5, 5.41) is 1.93. The van der Waals surface area contributed by atoms with Crippen LogP contribution < -0.4 is 4.90 Å². The fourth-order valence-corrected chi connectivity index (χ4v) is 3.47. The van der Waals surface area contributed by atoms with Gasteiger partial charge in [-0.05, 0) is 35.7 Å². The van der Waals surface area contributed by atoms with E-state index in [0.29, 0.717) is 12.1 Å². The summed E-state index contributed by atoms with van der Waals surface area (Å²) in [4.78, 5) is 15.0. The van der Waals surface area contributed by atoms with Crippen molar-refractivity contribution in [3.05, 3.63) is 46.7 Å². The third kappa shape index (κ3) is 3.55. The molecule has 1 aromatic carbocycles. The van der Waals surface area contributed by atoms with Crippen molar-refractivity contribution in [1.29, 1.82) is 0 Å². The van der Waals surface area contributed by atoms with Crippen molar-refractivity contribution >= 4 is 33.0 Å². The van der Waals surface area contributed by atoms with Gasteiger partial charge in [0, 0.05) is 31.7 Å². The Morgan fingerprint density at radius 2 is 1.73 bits per heavy atom. The first-order chi connectivity index (χ1) is 10.3. The molecular weight excluding hydrogens is 320 g/mol. The Kier molecular flexibility index (Phi) is 5.00. The van der Waals surface area contributed by atoms with E-state index in [-0.39, 0.29) is 10.8 Å². The number of anilines is 1. The SMILES string of the molecule is CN(C(=O)Cc1cccs1)c1ccc(S(=O)(=O)N(C)C)cc1. The summed E-state index contributed by atoms with van der Waals surface area (Å²) < 4.78 is 25.2. The molecular formula is C15H18N2O3S2. The molecule has 0 spiro atoms. The van der Waals surface area contributed by atoms with Gasteiger partial charge in [-0.25, -0.2) is 12.7 Å². The standard InChI is InChI=1S/C15H18N2O3S2/c1-16(2)22(19,20)14-8-6-12(7-9-14)17(3)15(18)11-13-5-4-10-21-13/h4-10H,11H2,1-3H3. The molecule has 2 rings (SSSR count). The summed E-state index contributed by atoms with van der Waals surface area (Å²) in [5.41, 5.74) is 0.666. The average Bonchev–Trinajstić information content (AvgIpc) is 2.99. The first-order valence-electron chi connectivity index (χ1n) is 6.64. The van der Waals surface area contributed by atoms with Crippen LogP contribution in [-0.4, -0.2) is 39.8 Å². The third-order valence-corrected chi connectivity index (χ3v) is 5.99. The minimum Gasteiger partial charge on any atom is -0.315 e. The molecule has 2 aromatic rings. The molecule has 0 fully saturated rings. The normalized spacial score (nSPS) is 11.6. The maximum absolute atomic E-state index is 12.2. The third-order valence-electron chi connectivity index (χ3n) is 3.28. The zero-order valence-corrected chi connectivity index (χ0v) is 14.3. The molecule has 0 aliphatic carbocycles. The quantitative estimate of drug-likeness (QED) is 0.840. The van der Waals surface area contributed by atoms with Gasteiger partial charge in [0.2, 0.25) is 15.9 Å². The van der Waals surface area contributed by atoms with Crippen molar-refractivity contribution in [1.82, 2.24) is 4.31 Å². The van der Waals surface area contributed by atoms with Crippen LogP contribution in [0.2, 0.25) is 0 Å². The molecule has 0 atom stereocenters. The maximum atomic E-state index is 12.2. The second-order valence-electron chi connectivity index (χ2n) is 4.99. The summed E-state index contributed by atoms with van der Waals surface area (Å²) in [6.07, 6.45) is 0.339. The number of benzene rings is 1. The molecule has 1 heterocycles. The summed E-state index contributed by atoms with van der Waals surface area (Å²) in [6.45, 7) is 0. The monoisotopic (exact) mass is 338 g/mol. The summed E-state index contributed by atoms with van der Waals surface area (Å²) >= 11 is 1.54. The highest BCUT2D eigenvalue weighted by Crippen LogP contribution is 2.20. The van der Waals surface area contributed by atoms with E-state index in [1.165, 1.54) is 31.1 Å². The number of amides is 1. The molecule has 5 nitrogen and oxygen atoms in total. The lowest BCUT2D eigenvalue weighted by molar-refractivity contribution is -0.117. The minimum absolute atomic E-state index is 0.0364. The number of rotatable bonds is 5. The van der Waals surface area contributed by atoms with Crippen molar-refractivity contribution in [2.45, 2.75) is 11.3 Å². The smallest absolute Gasteiger partial charge is 0.242 e. The Morgan fingerprint density at radius 1 is 1.09 bits per heavy atom. The molecule has 0 unspecified atom stereocenters. The molecule has 0 aliphatic rings. The topological polar surface area (TPSA) is 57.7 Å². The number of nitrogens with zero attached hydrogens (tertiary/aromatic N) is 2. The lowest BCUT2D eigenvalue weighted by atomic mass is 10.2. The molecule has 0 radical (unpaired) electrons. The van der Waals surface area contributed by atoms with Crippen LogP contribution in [0.4, 0.5) is 5.69 Å². The zero-order valence-electron chi connectivity index (χ0n) is 12.7. The van der Waals surface area contributed by atoms with E-state index < -0.39 is 10.0 Å². The predicted molar refractivity (Wildman–Crippen MR) is 88.7 cm³/mol. The summed E-state index contributed by atoms with van der Waals surface area (Å²) in [6, 6.07) is 10.1. The van der Waals surface area contributed by atoms with Crippen LogP contribution in [0.1, 0.15) is 4.88 Å². The highest BCUT2D eigenvalue weighted by Gasteiger charge is 2.18. The molecule has 7 heteroatoms. The van der Waals surface area contributed by atoms with Crippen LogP contribution in [0.25, 0.3) is 0 Å². The van der Waals surface area contributed by atoms with Gasteiger partial charge in [0.05, 0.1) is 11.3 Å². The van der Waals surface area contributed by atoms with E-state index in [0.717, 1.165) is 9.18 Å². The number of likely N-dealkylation sites (N-methyl/N-ethyl adjacent to an activating group) is 1. The Labute approximate surface area is 134 Å². The lowest BCUT2D eigenvalue weighted by Gasteiger charge is -2.18. The fourth-order valence-electron chi connectivity index (χ4n) is 1.88. The zero-order chi connectivity index (χ0) is 16.3. The van der Waals surface area contributed by atoms with E-state index in [1.807, 2.05) is 17.5 Å².